The van der Waals surface area contributed by atoms with E-state index in [1.807, 2.05) is 6.92 Å². The van der Waals surface area contributed by atoms with E-state index in [1.165, 1.54) is 24.3 Å². The van der Waals surface area contributed by atoms with Crippen molar-refractivity contribution >= 4 is 15.7 Å². The smallest absolute Gasteiger partial charge is 0.251 e. The SMILES string of the molecule is C[C@H](NC(=O)c1ccc(S(C)(=O)=O)cc1)[C@@H]1CCCO1. The number of ether oxygens (including phenoxy) is 1. The summed E-state index contributed by atoms with van der Waals surface area (Å²) in [6, 6.07) is 5.88. The molecular weight excluding hydrogens is 278 g/mol. The van der Waals surface area contributed by atoms with Crippen LogP contribution in [0.15, 0.2) is 29.2 Å². The lowest BCUT2D eigenvalue weighted by atomic mass is 10.1. The van der Waals surface area contributed by atoms with Crippen LogP contribution in [-0.2, 0) is 14.6 Å². The summed E-state index contributed by atoms with van der Waals surface area (Å²) in [7, 11) is -3.23. The Morgan fingerprint density at radius 3 is 2.50 bits per heavy atom. The van der Waals surface area contributed by atoms with Crippen LogP contribution >= 0.6 is 0 Å². The van der Waals surface area contributed by atoms with Gasteiger partial charge in [-0.05, 0) is 44.0 Å². The zero-order valence-electron chi connectivity index (χ0n) is 11.6. The molecule has 2 atom stereocenters. The van der Waals surface area contributed by atoms with Crippen molar-refractivity contribution in [2.75, 3.05) is 12.9 Å². The fourth-order valence-corrected chi connectivity index (χ4v) is 2.86. The molecule has 0 saturated carbocycles. The number of benzene rings is 1. The summed E-state index contributed by atoms with van der Waals surface area (Å²) in [6.45, 7) is 2.66. The first kappa shape index (κ1) is 15.0. The maximum atomic E-state index is 12.1. The molecule has 5 nitrogen and oxygen atoms in total. The van der Waals surface area contributed by atoms with Crippen LogP contribution in [0.1, 0.15) is 30.1 Å². The normalized spacial score (nSPS) is 20.6. The molecule has 1 fully saturated rings. The summed E-state index contributed by atoms with van der Waals surface area (Å²) in [5.74, 6) is -0.215. The predicted octanol–water partition coefficient (Wildman–Crippen LogP) is 1.39. The monoisotopic (exact) mass is 297 g/mol. The first-order chi connectivity index (χ1) is 9.38. The third-order valence-corrected chi connectivity index (χ3v) is 4.55. The molecule has 0 aromatic heterocycles. The van der Waals surface area contributed by atoms with E-state index in [1.54, 1.807) is 0 Å². The minimum absolute atomic E-state index is 0.0559. The van der Waals surface area contributed by atoms with E-state index >= 15 is 0 Å². The molecule has 110 valence electrons. The molecule has 1 N–H and O–H groups in total. The summed E-state index contributed by atoms with van der Waals surface area (Å²) >= 11 is 0. The highest BCUT2D eigenvalue weighted by Gasteiger charge is 2.24. The molecule has 1 amide bonds. The van der Waals surface area contributed by atoms with E-state index in [-0.39, 0.29) is 22.9 Å². The van der Waals surface area contributed by atoms with E-state index in [9.17, 15) is 13.2 Å². The second-order valence-corrected chi connectivity index (χ2v) is 7.13. The van der Waals surface area contributed by atoms with Crippen molar-refractivity contribution in [2.24, 2.45) is 0 Å². The molecule has 1 aliphatic heterocycles. The van der Waals surface area contributed by atoms with Gasteiger partial charge in [0.2, 0.25) is 0 Å². The minimum Gasteiger partial charge on any atom is -0.376 e. The summed E-state index contributed by atoms with van der Waals surface area (Å²) in [5.41, 5.74) is 0.447. The van der Waals surface area contributed by atoms with Crippen molar-refractivity contribution in [1.29, 1.82) is 0 Å². The van der Waals surface area contributed by atoms with E-state index < -0.39 is 9.84 Å². The average molecular weight is 297 g/mol. The van der Waals surface area contributed by atoms with E-state index in [0.717, 1.165) is 25.7 Å². The molecular formula is C14H19NO4S. The fraction of sp³-hybridized carbons (Fsp3) is 0.500. The molecule has 1 aromatic rings. The Bertz CT molecular complexity index is 574. The Labute approximate surface area is 119 Å². The van der Waals surface area contributed by atoms with Gasteiger partial charge in [-0.1, -0.05) is 0 Å². The van der Waals surface area contributed by atoms with Gasteiger partial charge in [0, 0.05) is 18.4 Å². The second kappa shape index (κ2) is 5.93. The molecule has 0 aliphatic carbocycles. The van der Waals surface area contributed by atoms with Crippen LogP contribution in [0.3, 0.4) is 0 Å². The van der Waals surface area contributed by atoms with Crippen LogP contribution in [-0.4, -0.2) is 39.3 Å². The third-order valence-electron chi connectivity index (χ3n) is 3.43. The summed E-state index contributed by atoms with van der Waals surface area (Å²) in [6.07, 6.45) is 3.18. The zero-order chi connectivity index (χ0) is 14.8. The number of rotatable bonds is 4. The fourth-order valence-electron chi connectivity index (χ4n) is 2.23. The number of hydrogen-bond acceptors (Lipinski definition) is 4. The quantitative estimate of drug-likeness (QED) is 0.911. The van der Waals surface area contributed by atoms with Crippen molar-refractivity contribution in [3.05, 3.63) is 29.8 Å². The van der Waals surface area contributed by atoms with Gasteiger partial charge in [0.05, 0.1) is 17.0 Å². The van der Waals surface area contributed by atoms with Crippen LogP contribution in [0.2, 0.25) is 0 Å². The lowest BCUT2D eigenvalue weighted by Crippen LogP contribution is -2.40. The molecule has 1 aromatic carbocycles. The Morgan fingerprint density at radius 1 is 1.35 bits per heavy atom. The Hall–Kier alpha value is -1.40. The largest absolute Gasteiger partial charge is 0.376 e. The molecule has 0 bridgehead atoms. The minimum atomic E-state index is -3.23. The maximum Gasteiger partial charge on any atom is 0.251 e. The van der Waals surface area contributed by atoms with Gasteiger partial charge in [0.1, 0.15) is 0 Å². The van der Waals surface area contributed by atoms with Crippen molar-refractivity contribution in [3.63, 3.8) is 0 Å². The first-order valence-corrected chi connectivity index (χ1v) is 8.49. The van der Waals surface area contributed by atoms with Crippen LogP contribution in [0.4, 0.5) is 0 Å². The molecule has 0 spiro atoms. The Morgan fingerprint density at radius 2 is 2.00 bits per heavy atom. The summed E-state index contributed by atoms with van der Waals surface area (Å²) in [5, 5.41) is 2.88. The first-order valence-electron chi connectivity index (χ1n) is 6.60. The Kier molecular flexibility index (Phi) is 4.45. The lowest BCUT2D eigenvalue weighted by Gasteiger charge is -2.20. The summed E-state index contributed by atoms with van der Waals surface area (Å²) in [4.78, 5) is 12.3. The lowest BCUT2D eigenvalue weighted by molar-refractivity contribution is 0.0712. The molecule has 6 heteroatoms. The van der Waals surface area contributed by atoms with Crippen LogP contribution in [0.5, 0.6) is 0 Å². The van der Waals surface area contributed by atoms with E-state index in [4.69, 9.17) is 4.74 Å². The van der Waals surface area contributed by atoms with Gasteiger partial charge in [-0.3, -0.25) is 4.79 Å². The molecule has 0 radical (unpaired) electrons. The zero-order valence-corrected chi connectivity index (χ0v) is 12.4. The molecule has 1 heterocycles. The third kappa shape index (κ3) is 3.58. The van der Waals surface area contributed by atoms with Gasteiger partial charge < -0.3 is 10.1 Å². The number of nitrogens with one attached hydrogen (secondary N) is 1. The van der Waals surface area contributed by atoms with Crippen molar-refractivity contribution < 1.29 is 17.9 Å². The van der Waals surface area contributed by atoms with Crippen LogP contribution in [0, 0.1) is 0 Å². The second-order valence-electron chi connectivity index (χ2n) is 5.11. The highest BCUT2D eigenvalue weighted by Crippen LogP contribution is 2.16. The van der Waals surface area contributed by atoms with Gasteiger partial charge in [-0.25, -0.2) is 8.42 Å². The van der Waals surface area contributed by atoms with Gasteiger partial charge in [0.25, 0.3) is 5.91 Å². The molecule has 0 unspecified atom stereocenters. The highest BCUT2D eigenvalue weighted by atomic mass is 32.2. The van der Waals surface area contributed by atoms with Gasteiger partial charge in [0.15, 0.2) is 9.84 Å². The number of carbonyl (C=O) groups excluding carboxylic acids is 1. The molecule has 1 aliphatic rings. The Balaban J connectivity index is 2.02. The number of sulfone groups is 1. The van der Waals surface area contributed by atoms with Gasteiger partial charge in [-0.2, -0.15) is 0 Å². The maximum absolute atomic E-state index is 12.1. The molecule has 1 saturated heterocycles. The summed E-state index contributed by atoms with van der Waals surface area (Å²) < 4.78 is 28.2. The van der Waals surface area contributed by atoms with Crippen molar-refractivity contribution in [1.82, 2.24) is 5.32 Å². The van der Waals surface area contributed by atoms with E-state index in [2.05, 4.69) is 5.32 Å². The molecule has 2 rings (SSSR count). The number of carbonyl (C=O) groups is 1. The standard InChI is InChI=1S/C14H19NO4S/c1-10(13-4-3-9-19-13)15-14(16)11-5-7-12(8-6-11)20(2,17)18/h5-8,10,13H,3-4,9H2,1-2H3,(H,15,16)/t10-,13-/m0/s1. The van der Waals surface area contributed by atoms with Crippen LogP contribution < -0.4 is 5.32 Å². The van der Waals surface area contributed by atoms with Gasteiger partial charge >= 0.3 is 0 Å². The van der Waals surface area contributed by atoms with E-state index in [0.29, 0.717) is 5.56 Å². The van der Waals surface area contributed by atoms with Crippen molar-refractivity contribution in [2.45, 2.75) is 36.8 Å². The topological polar surface area (TPSA) is 72.5 Å². The number of hydrogen-bond donors (Lipinski definition) is 1. The molecule has 20 heavy (non-hydrogen) atoms. The van der Waals surface area contributed by atoms with Crippen molar-refractivity contribution in [3.8, 4) is 0 Å². The number of amides is 1. The van der Waals surface area contributed by atoms with Crippen LogP contribution in [0.25, 0.3) is 0 Å². The predicted molar refractivity (Wildman–Crippen MR) is 75.5 cm³/mol. The van der Waals surface area contributed by atoms with Gasteiger partial charge in [-0.15, -0.1) is 0 Å². The highest BCUT2D eigenvalue weighted by molar-refractivity contribution is 7.90. The average Bonchev–Trinajstić information content (AvgIpc) is 2.91.